The number of fused-ring (bicyclic) bond motifs is 3. The van der Waals surface area contributed by atoms with Gasteiger partial charge in [-0.1, -0.05) is 59.8 Å². The van der Waals surface area contributed by atoms with Crippen molar-refractivity contribution in [3.63, 3.8) is 0 Å². The monoisotopic (exact) mass is 410 g/mol. The highest BCUT2D eigenvalue weighted by Crippen LogP contribution is 2.26. The van der Waals surface area contributed by atoms with Gasteiger partial charge in [-0.3, -0.25) is 9.20 Å². The molecule has 4 aromatic rings. The Hall–Kier alpha value is -2.57. The number of aryl methyl sites for hydroxylation is 1. The standard InChI is InChI=1S/C21H19ClN4OS/c1-13-11-19-24-25-21(26(19)18-10-6-4-7-15(13)18)28-12-20(27)23-14(2)16-8-3-5-9-17(16)22/h3-11,14H,12H2,1-2H3,(H,23,27). The van der Waals surface area contributed by atoms with Crippen molar-refractivity contribution in [2.24, 2.45) is 0 Å². The van der Waals surface area contributed by atoms with E-state index in [1.54, 1.807) is 0 Å². The minimum absolute atomic E-state index is 0.0782. The smallest absolute Gasteiger partial charge is 0.230 e. The van der Waals surface area contributed by atoms with E-state index in [0.717, 1.165) is 27.7 Å². The van der Waals surface area contributed by atoms with Crippen LogP contribution in [0.25, 0.3) is 16.6 Å². The van der Waals surface area contributed by atoms with Crippen molar-refractivity contribution in [3.05, 3.63) is 70.7 Å². The number of halogens is 1. The first-order chi connectivity index (χ1) is 13.5. The first-order valence-electron chi connectivity index (χ1n) is 8.94. The van der Waals surface area contributed by atoms with Crippen molar-refractivity contribution < 1.29 is 4.79 Å². The van der Waals surface area contributed by atoms with Crippen molar-refractivity contribution in [1.29, 1.82) is 0 Å². The second kappa shape index (κ2) is 7.81. The second-order valence-corrected chi connectivity index (χ2v) is 7.97. The Morgan fingerprint density at radius 3 is 2.75 bits per heavy atom. The molecule has 1 N–H and O–H groups in total. The van der Waals surface area contributed by atoms with E-state index in [2.05, 4.69) is 28.5 Å². The van der Waals surface area contributed by atoms with Crippen LogP contribution in [0.3, 0.4) is 0 Å². The minimum Gasteiger partial charge on any atom is -0.349 e. The summed E-state index contributed by atoms with van der Waals surface area (Å²) in [5, 5.41) is 14.0. The lowest BCUT2D eigenvalue weighted by atomic mass is 10.1. The van der Waals surface area contributed by atoms with Gasteiger partial charge in [-0.05, 0) is 43.2 Å². The summed E-state index contributed by atoms with van der Waals surface area (Å²) in [4.78, 5) is 12.5. The number of rotatable bonds is 5. The lowest BCUT2D eigenvalue weighted by Crippen LogP contribution is -2.28. The van der Waals surface area contributed by atoms with E-state index < -0.39 is 0 Å². The lowest BCUT2D eigenvalue weighted by Gasteiger charge is -2.15. The van der Waals surface area contributed by atoms with Crippen LogP contribution in [0, 0.1) is 6.92 Å². The minimum atomic E-state index is -0.166. The number of nitrogens with one attached hydrogen (secondary N) is 1. The van der Waals surface area contributed by atoms with Gasteiger partial charge in [0.05, 0.1) is 17.3 Å². The van der Waals surface area contributed by atoms with Gasteiger partial charge in [-0.25, -0.2) is 0 Å². The van der Waals surface area contributed by atoms with Gasteiger partial charge in [0.2, 0.25) is 5.91 Å². The van der Waals surface area contributed by atoms with Crippen molar-refractivity contribution in [2.75, 3.05) is 5.75 Å². The molecule has 0 fully saturated rings. The van der Waals surface area contributed by atoms with Crippen LogP contribution in [-0.2, 0) is 4.79 Å². The summed E-state index contributed by atoms with van der Waals surface area (Å²) in [6, 6.07) is 17.5. The molecule has 2 heterocycles. The van der Waals surface area contributed by atoms with Crippen LogP contribution >= 0.6 is 23.4 Å². The zero-order chi connectivity index (χ0) is 19.7. The van der Waals surface area contributed by atoms with E-state index >= 15 is 0 Å². The van der Waals surface area contributed by atoms with E-state index in [0.29, 0.717) is 10.2 Å². The fraction of sp³-hybridized carbons (Fsp3) is 0.190. The predicted molar refractivity (Wildman–Crippen MR) is 114 cm³/mol. The number of carbonyl (C=O) groups excluding carboxylic acids is 1. The highest BCUT2D eigenvalue weighted by atomic mass is 35.5. The fourth-order valence-corrected chi connectivity index (χ4v) is 4.35. The molecular weight excluding hydrogens is 392 g/mol. The SMILES string of the molecule is Cc1cc2nnc(SCC(=O)NC(C)c3ccccc3Cl)n2c2ccccc12. The summed E-state index contributed by atoms with van der Waals surface area (Å²) in [6.07, 6.45) is 0. The van der Waals surface area contributed by atoms with Gasteiger partial charge in [0.25, 0.3) is 0 Å². The zero-order valence-corrected chi connectivity index (χ0v) is 17.1. The van der Waals surface area contributed by atoms with Gasteiger partial charge >= 0.3 is 0 Å². The first-order valence-corrected chi connectivity index (χ1v) is 10.3. The Bertz CT molecular complexity index is 1170. The lowest BCUT2D eigenvalue weighted by molar-refractivity contribution is -0.119. The second-order valence-electron chi connectivity index (χ2n) is 6.62. The molecule has 1 amide bonds. The Labute approximate surface area is 172 Å². The van der Waals surface area contributed by atoms with Crippen LogP contribution < -0.4 is 5.32 Å². The Kier molecular flexibility index (Phi) is 5.24. The maximum absolute atomic E-state index is 12.5. The molecule has 142 valence electrons. The van der Waals surface area contributed by atoms with Gasteiger partial charge in [0, 0.05) is 10.4 Å². The number of aromatic nitrogens is 3. The molecule has 5 nitrogen and oxygen atoms in total. The third-order valence-corrected chi connectivity index (χ3v) is 5.93. The average molecular weight is 411 g/mol. The summed E-state index contributed by atoms with van der Waals surface area (Å²) in [7, 11) is 0. The maximum Gasteiger partial charge on any atom is 0.230 e. The summed E-state index contributed by atoms with van der Waals surface area (Å²) >= 11 is 7.59. The van der Waals surface area contributed by atoms with Crippen molar-refractivity contribution in [1.82, 2.24) is 19.9 Å². The molecule has 0 radical (unpaired) electrons. The normalized spacial score (nSPS) is 12.4. The van der Waals surface area contributed by atoms with Crippen LogP contribution in [0.4, 0.5) is 0 Å². The Morgan fingerprint density at radius 2 is 1.93 bits per heavy atom. The van der Waals surface area contributed by atoms with Gasteiger partial charge in [0.1, 0.15) is 0 Å². The summed E-state index contributed by atoms with van der Waals surface area (Å²) in [5.74, 6) is 0.170. The van der Waals surface area contributed by atoms with Crippen molar-refractivity contribution in [3.8, 4) is 0 Å². The van der Waals surface area contributed by atoms with E-state index in [9.17, 15) is 4.79 Å². The number of hydrogen-bond acceptors (Lipinski definition) is 4. The van der Waals surface area contributed by atoms with E-state index in [1.807, 2.05) is 59.9 Å². The Balaban J connectivity index is 1.52. The number of para-hydroxylation sites is 1. The Morgan fingerprint density at radius 1 is 1.18 bits per heavy atom. The molecule has 0 spiro atoms. The average Bonchev–Trinajstić information content (AvgIpc) is 3.10. The fourth-order valence-electron chi connectivity index (χ4n) is 3.29. The summed E-state index contributed by atoms with van der Waals surface area (Å²) < 4.78 is 2.00. The van der Waals surface area contributed by atoms with E-state index in [-0.39, 0.29) is 17.7 Å². The molecular formula is C21H19ClN4OS. The molecule has 0 aliphatic carbocycles. The molecule has 4 rings (SSSR count). The number of benzene rings is 2. The molecule has 0 saturated carbocycles. The number of carbonyl (C=O) groups is 1. The van der Waals surface area contributed by atoms with Crippen molar-refractivity contribution in [2.45, 2.75) is 25.0 Å². The number of hydrogen-bond donors (Lipinski definition) is 1. The largest absolute Gasteiger partial charge is 0.349 e. The summed E-state index contributed by atoms with van der Waals surface area (Å²) in [5.41, 5.74) is 3.87. The number of thioether (sulfide) groups is 1. The van der Waals surface area contributed by atoms with Crippen LogP contribution in [0.5, 0.6) is 0 Å². The number of amides is 1. The van der Waals surface area contributed by atoms with Gasteiger partial charge < -0.3 is 5.32 Å². The number of pyridine rings is 1. The van der Waals surface area contributed by atoms with Gasteiger partial charge in [0.15, 0.2) is 10.8 Å². The molecule has 0 saturated heterocycles. The van der Waals surface area contributed by atoms with Crippen LogP contribution in [0.15, 0.2) is 59.8 Å². The molecule has 2 aromatic heterocycles. The molecule has 1 atom stereocenters. The topological polar surface area (TPSA) is 59.3 Å². The van der Waals surface area contributed by atoms with Gasteiger partial charge in [-0.15, -0.1) is 10.2 Å². The van der Waals surface area contributed by atoms with E-state index in [1.165, 1.54) is 11.8 Å². The molecule has 7 heteroatoms. The quantitative estimate of drug-likeness (QED) is 0.479. The van der Waals surface area contributed by atoms with Crippen LogP contribution in [0.2, 0.25) is 5.02 Å². The van der Waals surface area contributed by atoms with Crippen molar-refractivity contribution >= 4 is 45.8 Å². The molecule has 0 aliphatic rings. The molecule has 2 aromatic carbocycles. The summed E-state index contributed by atoms with van der Waals surface area (Å²) in [6.45, 7) is 3.99. The van der Waals surface area contributed by atoms with Crippen LogP contribution in [0.1, 0.15) is 24.1 Å². The number of nitrogens with zero attached hydrogens (tertiary/aromatic N) is 3. The molecule has 28 heavy (non-hydrogen) atoms. The highest BCUT2D eigenvalue weighted by Gasteiger charge is 2.15. The molecule has 0 aliphatic heterocycles. The molecule has 1 unspecified atom stereocenters. The van der Waals surface area contributed by atoms with Crippen LogP contribution in [-0.4, -0.2) is 26.3 Å². The predicted octanol–water partition coefficient (Wildman–Crippen LogP) is 4.81. The third-order valence-electron chi connectivity index (χ3n) is 4.66. The maximum atomic E-state index is 12.5. The van der Waals surface area contributed by atoms with E-state index in [4.69, 9.17) is 11.6 Å². The van der Waals surface area contributed by atoms with Gasteiger partial charge in [-0.2, -0.15) is 0 Å². The molecule has 0 bridgehead atoms. The highest BCUT2D eigenvalue weighted by molar-refractivity contribution is 7.99. The first kappa shape index (κ1) is 18.8. The third kappa shape index (κ3) is 3.57. The zero-order valence-electron chi connectivity index (χ0n) is 15.5.